The molecule has 1 saturated heterocycles. The van der Waals surface area contributed by atoms with Crippen molar-refractivity contribution in [1.82, 2.24) is 24.7 Å². The standard InChI is InChI=1S/C25H34N6O7S/c1-15(2)38-22(23-26-12-16(3)13-27-23)17(4)39(32,33)30-25-29-28-24(20-14-36-10-11-37-20)31(25)21-18(34-5)8-7-9-19(21)35-6/h7-9,12-13,15,17,20,22H,10-11,14H2,1-6H3,(H,29,30)/t17-,20+,22+/m0/s1. The third-order valence-electron chi connectivity index (χ3n) is 6.04. The number of ether oxygens (including phenoxy) is 5. The molecule has 1 aliphatic heterocycles. The summed E-state index contributed by atoms with van der Waals surface area (Å²) in [7, 11) is -1.13. The molecule has 3 atom stereocenters. The van der Waals surface area contributed by atoms with Crippen molar-refractivity contribution in [2.45, 2.75) is 51.3 Å². The highest BCUT2D eigenvalue weighted by Gasteiger charge is 2.37. The molecule has 1 fully saturated rings. The lowest BCUT2D eigenvalue weighted by molar-refractivity contribution is -0.0941. The maximum atomic E-state index is 13.8. The van der Waals surface area contributed by atoms with E-state index < -0.39 is 27.5 Å². The minimum Gasteiger partial charge on any atom is -0.494 e. The van der Waals surface area contributed by atoms with Crippen LogP contribution in [-0.4, -0.2) is 78.5 Å². The van der Waals surface area contributed by atoms with Gasteiger partial charge < -0.3 is 23.7 Å². The lowest BCUT2D eigenvalue weighted by Crippen LogP contribution is -2.35. The number of para-hydroxylation sites is 1. The van der Waals surface area contributed by atoms with Gasteiger partial charge >= 0.3 is 0 Å². The second-order valence-corrected chi connectivity index (χ2v) is 11.3. The highest BCUT2D eigenvalue weighted by Crippen LogP contribution is 2.38. The van der Waals surface area contributed by atoms with Gasteiger partial charge in [-0.1, -0.05) is 6.07 Å². The Bertz CT molecular complexity index is 1340. The predicted molar refractivity (Wildman–Crippen MR) is 142 cm³/mol. The van der Waals surface area contributed by atoms with E-state index in [4.69, 9.17) is 23.7 Å². The van der Waals surface area contributed by atoms with E-state index in [0.29, 0.717) is 36.2 Å². The molecule has 39 heavy (non-hydrogen) atoms. The smallest absolute Gasteiger partial charge is 0.243 e. The molecule has 13 nitrogen and oxygen atoms in total. The largest absolute Gasteiger partial charge is 0.494 e. The number of anilines is 1. The van der Waals surface area contributed by atoms with E-state index in [1.54, 1.807) is 30.6 Å². The first-order chi connectivity index (χ1) is 18.7. The fourth-order valence-electron chi connectivity index (χ4n) is 4.09. The van der Waals surface area contributed by atoms with Crippen LogP contribution in [0.15, 0.2) is 30.6 Å². The SMILES string of the molecule is COc1cccc(OC)c1-n1c(NS(=O)(=O)[C@@H](C)[C@@H](OC(C)C)c2ncc(C)cn2)nnc1[C@H]1COCCO1. The zero-order valence-corrected chi connectivity index (χ0v) is 23.6. The van der Waals surface area contributed by atoms with Crippen LogP contribution in [0.1, 0.15) is 50.2 Å². The Morgan fingerprint density at radius 1 is 1.05 bits per heavy atom. The van der Waals surface area contributed by atoms with Gasteiger partial charge in [-0.15, -0.1) is 10.2 Å². The first-order valence-electron chi connectivity index (χ1n) is 12.5. The summed E-state index contributed by atoms with van der Waals surface area (Å²) in [6.07, 6.45) is 1.41. The number of aryl methyl sites for hydroxylation is 1. The highest BCUT2D eigenvalue weighted by atomic mass is 32.2. The summed E-state index contributed by atoms with van der Waals surface area (Å²) in [6.45, 7) is 8.02. The molecular weight excluding hydrogens is 528 g/mol. The summed E-state index contributed by atoms with van der Waals surface area (Å²) in [4.78, 5) is 8.65. The highest BCUT2D eigenvalue weighted by molar-refractivity contribution is 7.93. The lowest BCUT2D eigenvalue weighted by Gasteiger charge is -2.26. The number of nitrogens with zero attached hydrogens (tertiary/aromatic N) is 5. The number of hydrogen-bond donors (Lipinski definition) is 1. The third kappa shape index (κ3) is 6.30. The van der Waals surface area contributed by atoms with E-state index >= 15 is 0 Å². The fourth-order valence-corrected chi connectivity index (χ4v) is 5.17. The van der Waals surface area contributed by atoms with Crippen LogP contribution < -0.4 is 14.2 Å². The van der Waals surface area contributed by atoms with Crippen LogP contribution in [0, 0.1) is 6.92 Å². The van der Waals surface area contributed by atoms with Crippen molar-refractivity contribution in [3.05, 3.63) is 47.8 Å². The van der Waals surface area contributed by atoms with Crippen molar-refractivity contribution in [3.63, 3.8) is 0 Å². The van der Waals surface area contributed by atoms with Crippen molar-refractivity contribution in [3.8, 4) is 17.2 Å². The number of hydrogen-bond acceptors (Lipinski definition) is 11. The van der Waals surface area contributed by atoms with Gasteiger partial charge in [0.2, 0.25) is 16.0 Å². The van der Waals surface area contributed by atoms with Crippen molar-refractivity contribution < 1.29 is 32.1 Å². The summed E-state index contributed by atoms with van der Waals surface area (Å²) in [5.41, 5.74) is 1.25. The van der Waals surface area contributed by atoms with Gasteiger partial charge in [-0.25, -0.2) is 18.4 Å². The quantitative estimate of drug-likeness (QED) is 0.368. The van der Waals surface area contributed by atoms with Gasteiger partial charge in [-0.3, -0.25) is 9.29 Å². The molecule has 0 aliphatic carbocycles. The second kappa shape index (κ2) is 12.2. The van der Waals surface area contributed by atoms with Gasteiger partial charge in [-0.2, -0.15) is 0 Å². The van der Waals surface area contributed by atoms with E-state index in [-0.39, 0.29) is 24.5 Å². The maximum Gasteiger partial charge on any atom is 0.243 e. The number of rotatable bonds is 11. The molecule has 0 radical (unpaired) electrons. The molecule has 1 N–H and O–H groups in total. The average molecular weight is 563 g/mol. The summed E-state index contributed by atoms with van der Waals surface area (Å²) < 4.78 is 60.3. The van der Waals surface area contributed by atoms with Crippen molar-refractivity contribution in [2.75, 3.05) is 38.8 Å². The minimum absolute atomic E-state index is 0.0815. The number of aromatic nitrogens is 5. The summed E-state index contributed by atoms with van der Waals surface area (Å²) in [5.74, 6) is 1.32. The Hall–Kier alpha value is -3.33. The van der Waals surface area contributed by atoms with E-state index in [2.05, 4.69) is 24.9 Å². The number of methoxy groups -OCH3 is 2. The molecule has 0 spiro atoms. The topological polar surface area (TPSA) is 149 Å². The zero-order valence-electron chi connectivity index (χ0n) is 22.8. The predicted octanol–water partition coefficient (Wildman–Crippen LogP) is 2.77. The Balaban J connectivity index is 1.79. The van der Waals surface area contributed by atoms with Crippen molar-refractivity contribution in [1.29, 1.82) is 0 Å². The van der Waals surface area contributed by atoms with E-state index in [0.717, 1.165) is 5.56 Å². The molecule has 3 aromatic rings. The summed E-state index contributed by atoms with van der Waals surface area (Å²) >= 11 is 0. The second-order valence-electron chi connectivity index (χ2n) is 9.24. The summed E-state index contributed by atoms with van der Waals surface area (Å²) in [6, 6.07) is 5.21. The number of sulfonamides is 1. The van der Waals surface area contributed by atoms with Crippen molar-refractivity contribution in [2.24, 2.45) is 0 Å². The zero-order chi connectivity index (χ0) is 28.2. The Morgan fingerprint density at radius 2 is 1.72 bits per heavy atom. The van der Waals surface area contributed by atoms with Crippen LogP contribution in [0.3, 0.4) is 0 Å². The van der Waals surface area contributed by atoms with Crippen LogP contribution in [0.4, 0.5) is 5.95 Å². The molecule has 0 bridgehead atoms. The molecular formula is C25H34N6O7S. The minimum atomic E-state index is -4.14. The molecule has 2 aromatic heterocycles. The van der Waals surface area contributed by atoms with Gasteiger partial charge in [0.05, 0.1) is 40.1 Å². The first-order valence-corrected chi connectivity index (χ1v) is 14.0. The fraction of sp³-hybridized carbons (Fsp3) is 0.520. The molecule has 1 aliphatic rings. The molecule has 4 rings (SSSR count). The molecule has 0 amide bonds. The normalized spacial score (nSPS) is 17.6. The van der Waals surface area contributed by atoms with Crippen LogP contribution in [0.5, 0.6) is 11.5 Å². The molecule has 14 heteroatoms. The average Bonchev–Trinajstić information content (AvgIpc) is 3.33. The van der Waals surface area contributed by atoms with Crippen LogP contribution >= 0.6 is 0 Å². The monoisotopic (exact) mass is 562 g/mol. The lowest BCUT2D eigenvalue weighted by atomic mass is 10.2. The van der Waals surface area contributed by atoms with Gasteiger partial charge in [0.25, 0.3) is 0 Å². The van der Waals surface area contributed by atoms with E-state index in [9.17, 15) is 8.42 Å². The maximum absolute atomic E-state index is 13.8. The van der Waals surface area contributed by atoms with Gasteiger partial charge in [0, 0.05) is 12.4 Å². The van der Waals surface area contributed by atoms with E-state index in [1.165, 1.54) is 25.7 Å². The van der Waals surface area contributed by atoms with Crippen LogP contribution in [0.25, 0.3) is 5.69 Å². The van der Waals surface area contributed by atoms with Crippen LogP contribution in [0.2, 0.25) is 0 Å². The van der Waals surface area contributed by atoms with Crippen molar-refractivity contribution >= 4 is 16.0 Å². The molecule has 212 valence electrons. The Morgan fingerprint density at radius 3 is 2.28 bits per heavy atom. The van der Waals surface area contributed by atoms with Gasteiger partial charge in [0.15, 0.2) is 11.6 Å². The number of benzene rings is 1. The Kier molecular flexibility index (Phi) is 9.00. The number of nitrogens with one attached hydrogen (secondary N) is 1. The summed E-state index contributed by atoms with van der Waals surface area (Å²) in [5, 5.41) is 7.37. The first kappa shape index (κ1) is 28.7. The van der Waals surface area contributed by atoms with E-state index in [1.807, 2.05) is 20.8 Å². The third-order valence-corrected chi connectivity index (χ3v) is 7.73. The van der Waals surface area contributed by atoms with Gasteiger partial charge in [-0.05, 0) is 45.4 Å². The van der Waals surface area contributed by atoms with Gasteiger partial charge in [0.1, 0.15) is 34.6 Å². The molecule has 0 saturated carbocycles. The molecule has 1 aromatic carbocycles. The Labute approximate surface area is 227 Å². The molecule has 0 unspecified atom stereocenters. The van der Waals surface area contributed by atoms with Crippen LogP contribution in [-0.2, 0) is 24.2 Å². The molecule has 3 heterocycles.